The number of aliphatic hydroxyl groups excluding tert-OH is 5. The highest BCUT2D eigenvalue weighted by atomic mass is 16.7. The Labute approximate surface area is 118 Å². The van der Waals surface area contributed by atoms with E-state index in [9.17, 15) is 35.4 Å². The van der Waals surface area contributed by atoms with Crippen LogP contribution in [0.1, 0.15) is 10.4 Å². The summed E-state index contributed by atoms with van der Waals surface area (Å²) in [5.41, 5.74) is -0.0829. The Morgan fingerprint density at radius 2 is 1.67 bits per heavy atom. The van der Waals surface area contributed by atoms with Gasteiger partial charge in [0.2, 0.25) is 0 Å². The van der Waals surface area contributed by atoms with Gasteiger partial charge in [-0.1, -0.05) is 0 Å². The summed E-state index contributed by atoms with van der Waals surface area (Å²) in [5.74, 6) is -4.12. The van der Waals surface area contributed by atoms with Crippen LogP contribution in [0.5, 0.6) is 0 Å². The van der Waals surface area contributed by atoms with Crippen molar-refractivity contribution in [2.45, 2.75) is 36.3 Å². The lowest BCUT2D eigenvalue weighted by molar-refractivity contribution is -0.341. The number of rotatable bonds is 2. The van der Waals surface area contributed by atoms with E-state index in [2.05, 4.69) is 9.72 Å². The molecule has 2 rings (SSSR count). The molecular weight excluding hydrogens is 286 g/mol. The van der Waals surface area contributed by atoms with Gasteiger partial charge < -0.3 is 35.4 Å². The Balaban J connectivity index is 2.25. The van der Waals surface area contributed by atoms with Crippen LogP contribution in [0.2, 0.25) is 0 Å². The fourth-order valence-electron chi connectivity index (χ4n) is 2.05. The van der Waals surface area contributed by atoms with E-state index < -0.39 is 42.3 Å². The lowest BCUT2D eigenvalue weighted by atomic mass is 9.82. The molecule has 0 spiro atoms. The predicted molar refractivity (Wildman–Crippen MR) is 64.6 cm³/mol. The third kappa shape index (κ3) is 2.62. The van der Waals surface area contributed by atoms with Crippen LogP contribution in [0.25, 0.3) is 0 Å². The first-order valence-corrected chi connectivity index (χ1v) is 6.05. The number of pyridine rings is 1. The molecule has 1 aromatic rings. The van der Waals surface area contributed by atoms with E-state index in [4.69, 9.17) is 0 Å². The highest BCUT2D eigenvalue weighted by Gasteiger charge is 2.60. The van der Waals surface area contributed by atoms with Crippen molar-refractivity contribution in [3.63, 3.8) is 0 Å². The lowest BCUT2D eigenvalue weighted by Crippen LogP contribution is -2.72. The second kappa shape index (κ2) is 5.64. The summed E-state index contributed by atoms with van der Waals surface area (Å²) in [6, 6.07) is 2.73. The van der Waals surface area contributed by atoms with Crippen LogP contribution in [0.15, 0.2) is 24.5 Å². The van der Waals surface area contributed by atoms with E-state index in [-0.39, 0.29) is 5.56 Å². The first-order chi connectivity index (χ1) is 9.79. The van der Waals surface area contributed by atoms with Crippen molar-refractivity contribution in [2.24, 2.45) is 0 Å². The number of carbonyl (C=O) groups excluding carboxylic acids is 1. The van der Waals surface area contributed by atoms with Gasteiger partial charge in [0.05, 0.1) is 5.56 Å². The standard InChI is InChI=1S/C12H15NO8/c14-6-7(15)9(17)12(20,10(18)8(6)16)21-11(19)5-2-1-3-13-4-5/h1-4,6-10,14-18,20H/t6?,7-,8+,9-,10-,12?/m1/s1. The highest BCUT2D eigenvalue weighted by Crippen LogP contribution is 2.32. The van der Waals surface area contributed by atoms with Crippen LogP contribution in [0, 0.1) is 0 Å². The van der Waals surface area contributed by atoms with E-state index in [1.807, 2.05) is 0 Å². The molecule has 0 radical (unpaired) electrons. The third-order valence-corrected chi connectivity index (χ3v) is 3.35. The van der Waals surface area contributed by atoms with Gasteiger partial charge in [0.15, 0.2) is 12.2 Å². The molecular formula is C12H15NO8. The molecule has 1 fully saturated rings. The maximum absolute atomic E-state index is 11.8. The molecule has 6 N–H and O–H groups in total. The molecule has 0 amide bonds. The topological polar surface area (TPSA) is 161 Å². The molecule has 1 aliphatic rings. The van der Waals surface area contributed by atoms with E-state index in [0.29, 0.717) is 0 Å². The molecule has 1 aliphatic carbocycles. The summed E-state index contributed by atoms with van der Waals surface area (Å²) < 4.78 is 4.62. The van der Waals surface area contributed by atoms with E-state index in [0.717, 1.165) is 6.20 Å². The van der Waals surface area contributed by atoms with Crippen molar-refractivity contribution in [3.8, 4) is 0 Å². The fourth-order valence-corrected chi connectivity index (χ4v) is 2.05. The monoisotopic (exact) mass is 301 g/mol. The Morgan fingerprint density at radius 1 is 1.10 bits per heavy atom. The van der Waals surface area contributed by atoms with Crippen molar-refractivity contribution < 1.29 is 40.2 Å². The van der Waals surface area contributed by atoms with Crippen molar-refractivity contribution >= 4 is 5.97 Å². The molecule has 1 saturated carbocycles. The molecule has 116 valence electrons. The smallest absolute Gasteiger partial charge is 0.342 e. The third-order valence-electron chi connectivity index (χ3n) is 3.35. The van der Waals surface area contributed by atoms with Gasteiger partial charge in [0.1, 0.15) is 18.3 Å². The Hall–Kier alpha value is -1.62. The maximum atomic E-state index is 11.8. The Kier molecular flexibility index (Phi) is 4.23. The molecule has 1 aromatic heterocycles. The number of hydrogen-bond acceptors (Lipinski definition) is 9. The minimum absolute atomic E-state index is 0.0829. The second-order valence-electron chi connectivity index (χ2n) is 4.74. The summed E-state index contributed by atoms with van der Waals surface area (Å²) in [5, 5.41) is 58.0. The minimum Gasteiger partial charge on any atom is -0.424 e. The molecule has 9 heteroatoms. The average Bonchev–Trinajstić information content (AvgIpc) is 2.50. The molecule has 21 heavy (non-hydrogen) atoms. The van der Waals surface area contributed by atoms with Crippen molar-refractivity contribution in [1.82, 2.24) is 4.98 Å². The summed E-state index contributed by atoms with van der Waals surface area (Å²) in [6.07, 6.45) is -7.87. The number of hydrogen-bond donors (Lipinski definition) is 6. The van der Waals surface area contributed by atoms with Gasteiger partial charge in [0, 0.05) is 12.4 Å². The molecule has 9 nitrogen and oxygen atoms in total. The van der Waals surface area contributed by atoms with E-state index >= 15 is 0 Å². The minimum atomic E-state index is -2.98. The van der Waals surface area contributed by atoms with Crippen LogP contribution in [0.4, 0.5) is 0 Å². The summed E-state index contributed by atoms with van der Waals surface area (Å²) in [7, 11) is 0. The van der Waals surface area contributed by atoms with Crippen molar-refractivity contribution in [2.75, 3.05) is 0 Å². The average molecular weight is 301 g/mol. The summed E-state index contributed by atoms with van der Waals surface area (Å²) in [6.45, 7) is 0. The van der Waals surface area contributed by atoms with Gasteiger partial charge in [-0.3, -0.25) is 4.98 Å². The predicted octanol–water partition coefficient (Wildman–Crippen LogP) is -3.25. The van der Waals surface area contributed by atoms with Gasteiger partial charge in [0.25, 0.3) is 5.79 Å². The Bertz CT molecular complexity index is 493. The van der Waals surface area contributed by atoms with Crippen molar-refractivity contribution in [1.29, 1.82) is 0 Å². The van der Waals surface area contributed by atoms with Crippen LogP contribution in [0.3, 0.4) is 0 Å². The summed E-state index contributed by atoms with van der Waals surface area (Å²) in [4.78, 5) is 15.5. The van der Waals surface area contributed by atoms with Gasteiger partial charge in [-0.2, -0.15) is 0 Å². The van der Waals surface area contributed by atoms with Gasteiger partial charge in [-0.15, -0.1) is 0 Å². The van der Waals surface area contributed by atoms with Crippen LogP contribution >= 0.6 is 0 Å². The lowest BCUT2D eigenvalue weighted by Gasteiger charge is -2.46. The van der Waals surface area contributed by atoms with Gasteiger partial charge >= 0.3 is 5.97 Å². The molecule has 1 heterocycles. The SMILES string of the molecule is O=C(OC1(O)[C@H](O)[C@H](O)C(O)[C@H](O)[C@H]1O)c1cccnc1. The first-order valence-electron chi connectivity index (χ1n) is 6.05. The Morgan fingerprint density at radius 3 is 2.14 bits per heavy atom. The van der Waals surface area contributed by atoms with Crippen LogP contribution < -0.4 is 0 Å². The maximum Gasteiger partial charge on any atom is 0.342 e. The number of esters is 1. The number of aromatic nitrogens is 1. The molecule has 2 unspecified atom stereocenters. The molecule has 6 atom stereocenters. The van der Waals surface area contributed by atoms with E-state index in [1.54, 1.807) is 0 Å². The molecule has 0 aliphatic heterocycles. The fraction of sp³-hybridized carbons (Fsp3) is 0.500. The zero-order valence-corrected chi connectivity index (χ0v) is 10.6. The normalized spacial score (nSPS) is 39.8. The van der Waals surface area contributed by atoms with Gasteiger partial charge in [-0.05, 0) is 12.1 Å². The number of nitrogens with zero attached hydrogens (tertiary/aromatic N) is 1. The number of aliphatic hydroxyl groups is 6. The zero-order valence-electron chi connectivity index (χ0n) is 10.6. The molecule has 0 bridgehead atoms. The molecule has 0 saturated heterocycles. The number of carbonyl (C=O) groups is 1. The van der Waals surface area contributed by atoms with Crippen LogP contribution in [-0.2, 0) is 4.74 Å². The zero-order chi connectivity index (χ0) is 15.8. The number of ether oxygens (including phenoxy) is 1. The first kappa shape index (κ1) is 15.8. The van der Waals surface area contributed by atoms with E-state index in [1.165, 1.54) is 18.3 Å². The summed E-state index contributed by atoms with van der Waals surface area (Å²) >= 11 is 0. The van der Waals surface area contributed by atoms with Crippen molar-refractivity contribution in [3.05, 3.63) is 30.1 Å². The van der Waals surface area contributed by atoms with Crippen LogP contribution in [-0.4, -0.2) is 77.9 Å². The molecule has 0 aromatic carbocycles. The van der Waals surface area contributed by atoms with Gasteiger partial charge in [-0.25, -0.2) is 4.79 Å². The second-order valence-corrected chi connectivity index (χ2v) is 4.74. The highest BCUT2D eigenvalue weighted by molar-refractivity contribution is 5.89. The quantitative estimate of drug-likeness (QED) is 0.243. The largest absolute Gasteiger partial charge is 0.424 e.